The van der Waals surface area contributed by atoms with Crippen molar-refractivity contribution in [2.75, 3.05) is 32.0 Å². The lowest BCUT2D eigenvalue weighted by molar-refractivity contribution is -0.139. The number of carbonyl (C=O) groups excluding carboxylic acids is 1. The zero-order valence-corrected chi connectivity index (χ0v) is 18.3. The molecule has 178 valence electrons. The maximum Gasteiger partial charge on any atom is 0.417 e. The maximum absolute atomic E-state index is 13.7. The number of anilines is 1. The van der Waals surface area contributed by atoms with E-state index >= 15 is 0 Å². The Morgan fingerprint density at radius 1 is 1.09 bits per heavy atom. The van der Waals surface area contributed by atoms with E-state index in [1.807, 2.05) is 0 Å². The summed E-state index contributed by atoms with van der Waals surface area (Å²) in [5, 5.41) is 0. The molecule has 3 aromatic rings. The second-order valence-corrected chi connectivity index (χ2v) is 9.18. The zero-order chi connectivity index (χ0) is 24.5. The first-order valence-corrected chi connectivity index (χ1v) is 11.4. The molecule has 4 rings (SSSR count). The number of halogens is 3. The lowest BCUT2D eigenvalue weighted by atomic mass is 10.1. The van der Waals surface area contributed by atoms with Crippen molar-refractivity contribution >= 4 is 22.1 Å². The molecule has 0 radical (unpaired) electrons. The van der Waals surface area contributed by atoms with E-state index in [0.29, 0.717) is 12.4 Å². The van der Waals surface area contributed by atoms with Crippen molar-refractivity contribution in [3.8, 4) is 22.6 Å². The van der Waals surface area contributed by atoms with Crippen LogP contribution in [-0.4, -0.2) is 60.3 Å². The van der Waals surface area contributed by atoms with Crippen molar-refractivity contribution in [1.29, 1.82) is 0 Å². The minimum atomic E-state index is -4.90. The number of alkyl halides is 3. The summed E-state index contributed by atoms with van der Waals surface area (Å²) in [6.07, 6.45) is -1.73. The average molecular weight is 493 g/mol. The highest BCUT2D eigenvalue weighted by molar-refractivity contribution is 7.89. The quantitative estimate of drug-likeness (QED) is 0.537. The summed E-state index contributed by atoms with van der Waals surface area (Å²) >= 11 is 0. The first-order valence-electron chi connectivity index (χ1n) is 9.95. The third kappa shape index (κ3) is 4.49. The first kappa shape index (κ1) is 23.7. The van der Waals surface area contributed by atoms with E-state index in [1.54, 1.807) is 6.07 Å². The molecule has 9 nitrogen and oxygen atoms in total. The van der Waals surface area contributed by atoms with Gasteiger partial charge >= 0.3 is 6.18 Å². The number of aromatic nitrogens is 3. The van der Waals surface area contributed by atoms with Gasteiger partial charge in [0.25, 0.3) is 0 Å². The van der Waals surface area contributed by atoms with Crippen LogP contribution in [0.2, 0.25) is 0 Å². The molecule has 0 aliphatic carbocycles. The van der Waals surface area contributed by atoms with Gasteiger partial charge in [0.15, 0.2) is 12.1 Å². The summed E-state index contributed by atoms with van der Waals surface area (Å²) < 4.78 is 73.5. The molecule has 2 N–H and O–H groups in total. The van der Waals surface area contributed by atoms with Gasteiger partial charge in [-0.3, -0.25) is 9.78 Å². The van der Waals surface area contributed by atoms with Gasteiger partial charge in [-0.25, -0.2) is 18.4 Å². The summed E-state index contributed by atoms with van der Waals surface area (Å²) in [6, 6.07) is 5.74. The van der Waals surface area contributed by atoms with Gasteiger partial charge in [0.05, 0.1) is 35.6 Å². The first-order chi connectivity index (χ1) is 16.1. The number of morpholine rings is 1. The summed E-state index contributed by atoms with van der Waals surface area (Å²) in [6.45, 7) is 0.0279. The molecule has 3 heterocycles. The Labute approximate surface area is 192 Å². The number of pyridine rings is 1. The minimum Gasteiger partial charge on any atom is -0.382 e. The van der Waals surface area contributed by atoms with Crippen molar-refractivity contribution in [2.24, 2.45) is 0 Å². The molecule has 0 amide bonds. The Morgan fingerprint density at radius 3 is 2.50 bits per heavy atom. The molecule has 13 heteroatoms. The normalized spacial score (nSPS) is 15.3. The fourth-order valence-electron chi connectivity index (χ4n) is 3.48. The Hall–Kier alpha value is -3.42. The molecule has 34 heavy (non-hydrogen) atoms. The molecule has 0 bridgehead atoms. The number of rotatable bonds is 5. The minimum absolute atomic E-state index is 0.0395. The van der Waals surface area contributed by atoms with E-state index < -0.39 is 26.7 Å². The van der Waals surface area contributed by atoms with Gasteiger partial charge in [0, 0.05) is 30.4 Å². The van der Waals surface area contributed by atoms with Gasteiger partial charge in [0.1, 0.15) is 11.4 Å². The number of hydrogen-bond acceptors (Lipinski definition) is 8. The third-order valence-corrected chi connectivity index (χ3v) is 7.10. The van der Waals surface area contributed by atoms with Crippen LogP contribution in [0.3, 0.4) is 0 Å². The van der Waals surface area contributed by atoms with E-state index in [2.05, 4.69) is 15.0 Å². The van der Waals surface area contributed by atoms with Crippen LogP contribution in [-0.2, 0) is 20.9 Å². The monoisotopic (exact) mass is 493 g/mol. The van der Waals surface area contributed by atoms with E-state index in [9.17, 15) is 26.4 Å². The van der Waals surface area contributed by atoms with E-state index in [1.165, 1.54) is 18.5 Å². The molecular weight excluding hydrogens is 475 g/mol. The molecule has 0 spiro atoms. The molecule has 0 unspecified atom stereocenters. The van der Waals surface area contributed by atoms with E-state index in [-0.39, 0.29) is 60.3 Å². The lowest BCUT2D eigenvalue weighted by Gasteiger charge is -2.27. The predicted molar refractivity (Wildman–Crippen MR) is 115 cm³/mol. The van der Waals surface area contributed by atoms with E-state index in [4.69, 9.17) is 10.5 Å². The molecule has 1 saturated heterocycles. The van der Waals surface area contributed by atoms with Crippen molar-refractivity contribution in [2.45, 2.75) is 11.1 Å². The van der Waals surface area contributed by atoms with Crippen LogP contribution < -0.4 is 5.73 Å². The van der Waals surface area contributed by atoms with Crippen LogP contribution in [0.25, 0.3) is 22.6 Å². The smallest absolute Gasteiger partial charge is 0.382 e. The zero-order valence-electron chi connectivity index (χ0n) is 17.5. The van der Waals surface area contributed by atoms with Crippen LogP contribution in [0.15, 0.2) is 47.6 Å². The van der Waals surface area contributed by atoms with Gasteiger partial charge in [-0.05, 0) is 24.3 Å². The number of nitrogens with zero attached hydrogens (tertiary/aromatic N) is 4. The van der Waals surface area contributed by atoms with Crippen molar-refractivity contribution < 1.29 is 31.1 Å². The predicted octanol–water partition coefficient (Wildman–Crippen LogP) is 2.64. The fraction of sp³-hybridized carbons (Fsp3) is 0.238. The van der Waals surface area contributed by atoms with Crippen molar-refractivity contribution in [3.63, 3.8) is 0 Å². The highest BCUT2D eigenvalue weighted by atomic mass is 32.2. The number of benzene rings is 1. The Bertz CT molecular complexity index is 1340. The van der Waals surface area contributed by atoms with Crippen LogP contribution in [0.4, 0.5) is 19.0 Å². The number of sulfonamides is 1. The number of aldehydes is 1. The van der Waals surface area contributed by atoms with Gasteiger partial charge in [-0.15, -0.1) is 0 Å². The number of ether oxygens (including phenoxy) is 1. The Morgan fingerprint density at radius 2 is 1.82 bits per heavy atom. The van der Waals surface area contributed by atoms with Crippen molar-refractivity contribution in [1.82, 2.24) is 19.3 Å². The van der Waals surface area contributed by atoms with Gasteiger partial charge in [0.2, 0.25) is 10.0 Å². The van der Waals surface area contributed by atoms with Gasteiger partial charge < -0.3 is 10.5 Å². The molecule has 1 aromatic carbocycles. The summed E-state index contributed by atoms with van der Waals surface area (Å²) in [4.78, 5) is 22.9. The molecule has 1 aliphatic rings. The fourth-order valence-corrected chi connectivity index (χ4v) is 5.12. The molecule has 0 saturated carbocycles. The highest BCUT2D eigenvalue weighted by Gasteiger charge is 2.39. The van der Waals surface area contributed by atoms with Crippen LogP contribution >= 0.6 is 0 Å². The molecule has 2 aromatic heterocycles. The number of hydrogen-bond donors (Lipinski definition) is 1. The number of nitrogens with two attached hydrogens (primary N) is 1. The SMILES string of the molecule is Nc1ncc(-c2ccc(C(F)(F)F)c(S(=O)(=O)N3CCOCC3)c2)nc1-c1ncccc1C=O. The lowest BCUT2D eigenvalue weighted by Crippen LogP contribution is -2.41. The second kappa shape index (κ2) is 9.08. The maximum atomic E-state index is 13.7. The Balaban J connectivity index is 1.87. The van der Waals surface area contributed by atoms with Crippen molar-refractivity contribution in [3.05, 3.63) is 53.9 Å². The molecule has 1 aliphatic heterocycles. The molecular formula is C21H18F3N5O4S. The number of nitrogen functional groups attached to an aromatic ring is 1. The third-order valence-electron chi connectivity index (χ3n) is 5.16. The summed E-state index contributed by atoms with van der Waals surface area (Å²) in [5.41, 5.74) is 5.10. The van der Waals surface area contributed by atoms with Gasteiger partial charge in [-0.2, -0.15) is 17.5 Å². The van der Waals surface area contributed by atoms with Crippen LogP contribution in [0.5, 0.6) is 0 Å². The summed E-state index contributed by atoms with van der Waals surface area (Å²) in [5.74, 6) is -0.0568. The van der Waals surface area contributed by atoms with Crippen LogP contribution in [0, 0.1) is 0 Å². The second-order valence-electron chi connectivity index (χ2n) is 7.27. The largest absolute Gasteiger partial charge is 0.417 e. The van der Waals surface area contributed by atoms with Gasteiger partial charge in [-0.1, -0.05) is 6.07 Å². The molecule has 0 atom stereocenters. The van der Waals surface area contributed by atoms with E-state index in [0.717, 1.165) is 16.4 Å². The topological polar surface area (TPSA) is 128 Å². The highest BCUT2D eigenvalue weighted by Crippen LogP contribution is 2.38. The standard InChI is InChI=1S/C21H18F3N5O4S/c22-21(23,24)15-4-3-13(10-17(15)34(31,32)29-6-8-33-9-7-29)16-11-27-20(25)19(28-16)18-14(12-30)2-1-5-26-18/h1-5,10-12H,6-9H2,(H2,25,27). The number of carbonyl (C=O) groups is 1. The summed E-state index contributed by atoms with van der Waals surface area (Å²) in [7, 11) is -4.49. The Kier molecular flexibility index (Phi) is 6.34. The molecule has 1 fully saturated rings. The van der Waals surface area contributed by atoms with Crippen LogP contribution in [0.1, 0.15) is 15.9 Å². The average Bonchev–Trinajstić information content (AvgIpc) is 2.84.